The molecule has 1 aromatic rings. The number of allylic oxidation sites excluding steroid dienone is 2. The third-order valence-corrected chi connectivity index (χ3v) is 7.96. The fraction of sp³-hybridized carbons (Fsp3) is 0.769. The molecule has 0 aliphatic carbocycles. The number of esters is 1. The van der Waals surface area contributed by atoms with Crippen molar-refractivity contribution < 1.29 is 24.9 Å². The number of carbonyl (C=O) groups is 1. The van der Waals surface area contributed by atoms with E-state index >= 15 is 0 Å². The zero-order chi connectivity index (χ0) is 34.1. The average Bonchev–Trinajstić information content (AvgIpc) is 2.95. The Morgan fingerprint density at radius 3 is 1.49 bits per heavy atom. The highest BCUT2D eigenvalue weighted by Crippen LogP contribution is 2.40. The van der Waals surface area contributed by atoms with Gasteiger partial charge in [0.1, 0.15) is 5.75 Å². The minimum atomic E-state index is -0.0949. The fourth-order valence-corrected chi connectivity index (χ4v) is 5.26. The van der Waals surface area contributed by atoms with Gasteiger partial charge in [-0.3, -0.25) is 9.69 Å². The molecule has 0 aliphatic rings. The van der Waals surface area contributed by atoms with Crippen LogP contribution in [0.5, 0.6) is 5.75 Å². The van der Waals surface area contributed by atoms with Crippen molar-refractivity contribution in [1.82, 2.24) is 4.90 Å². The molecule has 0 spiro atoms. The van der Waals surface area contributed by atoms with E-state index in [9.17, 15) is 4.79 Å². The molecule has 3 N–H and O–H groups in total. The second kappa shape index (κ2) is 25.4. The Balaban J connectivity index is 0.00000165. The van der Waals surface area contributed by atoms with Gasteiger partial charge in [0.2, 0.25) is 0 Å². The SMILES string of the molecule is CCCCCCCC/C=C\CCCCCCCC(=O)Oc1c(C(C)(C)C)cc(C)cc1C(C)(C)C.OCCN(CCO)CCO. The van der Waals surface area contributed by atoms with Crippen LogP contribution >= 0.6 is 0 Å². The Morgan fingerprint density at radius 2 is 1.09 bits per heavy atom. The molecule has 0 radical (unpaired) electrons. The summed E-state index contributed by atoms with van der Waals surface area (Å²) in [5.41, 5.74) is 3.31. The lowest BCUT2D eigenvalue weighted by atomic mass is 9.78. The Morgan fingerprint density at radius 1 is 0.689 bits per heavy atom. The van der Waals surface area contributed by atoms with Crippen molar-refractivity contribution in [3.05, 3.63) is 41.0 Å². The minimum Gasteiger partial charge on any atom is -0.426 e. The number of hydrogen-bond donors (Lipinski definition) is 3. The van der Waals surface area contributed by atoms with Crippen molar-refractivity contribution in [1.29, 1.82) is 0 Å². The second-order valence-corrected chi connectivity index (χ2v) is 14.5. The standard InChI is InChI=1S/C33H56O2.C6H15NO3/c1-9-10-11-12-13-14-15-16-17-18-19-20-21-22-23-24-30(34)35-31-28(32(3,4)5)25-27(2)26-29(31)33(6,7)8;8-4-1-7(2-5-9)3-6-10/h16-17,25-26H,9-15,18-24H2,1-8H3;8-10H,1-6H2/b17-16-;. The number of rotatable bonds is 22. The van der Waals surface area contributed by atoms with Gasteiger partial charge in [-0.2, -0.15) is 0 Å². The summed E-state index contributed by atoms with van der Waals surface area (Å²) < 4.78 is 6.06. The maximum absolute atomic E-state index is 12.8. The lowest BCUT2D eigenvalue weighted by molar-refractivity contribution is -0.134. The van der Waals surface area contributed by atoms with Gasteiger partial charge in [-0.25, -0.2) is 0 Å². The molecule has 1 rings (SSSR count). The number of hydrogen-bond acceptors (Lipinski definition) is 6. The van der Waals surface area contributed by atoms with Crippen molar-refractivity contribution in [2.24, 2.45) is 0 Å². The number of unbranched alkanes of at least 4 members (excludes halogenated alkanes) is 11. The minimum absolute atomic E-state index is 0.0694. The van der Waals surface area contributed by atoms with E-state index < -0.39 is 0 Å². The van der Waals surface area contributed by atoms with Gasteiger partial charge in [-0.1, -0.05) is 130 Å². The lowest BCUT2D eigenvalue weighted by Crippen LogP contribution is -2.32. The van der Waals surface area contributed by atoms with E-state index in [0.717, 1.165) is 29.7 Å². The molecule has 0 atom stereocenters. The average molecular weight is 634 g/mol. The van der Waals surface area contributed by atoms with Crippen molar-refractivity contribution in [3.8, 4) is 5.75 Å². The van der Waals surface area contributed by atoms with Gasteiger partial charge in [0.05, 0.1) is 19.8 Å². The predicted octanol–water partition coefficient (Wildman–Crippen LogP) is 8.80. The van der Waals surface area contributed by atoms with Gasteiger partial charge in [0.25, 0.3) is 0 Å². The smallest absolute Gasteiger partial charge is 0.311 e. The molecule has 0 heterocycles. The Bertz CT molecular complexity index is 864. The molecule has 0 unspecified atom stereocenters. The first kappa shape index (κ1) is 43.3. The van der Waals surface area contributed by atoms with Crippen LogP contribution in [0.3, 0.4) is 0 Å². The summed E-state index contributed by atoms with van der Waals surface area (Å²) in [5.74, 6) is 0.691. The highest BCUT2D eigenvalue weighted by Gasteiger charge is 2.28. The van der Waals surface area contributed by atoms with Gasteiger partial charge in [0.15, 0.2) is 0 Å². The van der Waals surface area contributed by atoms with Crippen LogP contribution < -0.4 is 4.74 Å². The predicted molar refractivity (Wildman–Crippen MR) is 191 cm³/mol. The zero-order valence-electron chi connectivity index (χ0n) is 30.6. The molecular weight excluding hydrogens is 562 g/mol. The molecule has 262 valence electrons. The van der Waals surface area contributed by atoms with Crippen LogP contribution in [0.1, 0.15) is 155 Å². The number of ether oxygens (including phenoxy) is 1. The highest BCUT2D eigenvalue weighted by molar-refractivity contribution is 5.74. The van der Waals surface area contributed by atoms with Crippen LogP contribution in [0.4, 0.5) is 0 Å². The number of nitrogens with zero attached hydrogens (tertiary/aromatic N) is 1. The molecule has 0 aliphatic heterocycles. The third-order valence-electron chi connectivity index (χ3n) is 7.96. The van der Waals surface area contributed by atoms with Crippen molar-refractivity contribution in [2.45, 2.75) is 156 Å². The van der Waals surface area contributed by atoms with E-state index in [1.165, 1.54) is 76.2 Å². The number of aliphatic hydroxyl groups excluding tert-OH is 3. The summed E-state index contributed by atoms with van der Waals surface area (Å²) in [4.78, 5) is 14.5. The number of aliphatic hydroxyl groups is 3. The molecule has 0 fully saturated rings. The van der Waals surface area contributed by atoms with E-state index in [1.807, 2.05) is 0 Å². The summed E-state index contributed by atoms with van der Waals surface area (Å²) in [7, 11) is 0. The van der Waals surface area contributed by atoms with Crippen molar-refractivity contribution in [3.63, 3.8) is 0 Å². The summed E-state index contributed by atoms with van der Waals surface area (Å²) >= 11 is 0. The first-order chi connectivity index (χ1) is 21.3. The Labute approximate surface area is 277 Å². The molecule has 6 heteroatoms. The van der Waals surface area contributed by atoms with E-state index in [4.69, 9.17) is 20.1 Å². The van der Waals surface area contributed by atoms with E-state index in [1.54, 1.807) is 4.90 Å². The molecule has 0 aromatic heterocycles. The van der Waals surface area contributed by atoms with E-state index in [0.29, 0.717) is 26.1 Å². The molecule has 6 nitrogen and oxygen atoms in total. The second-order valence-electron chi connectivity index (χ2n) is 14.5. The van der Waals surface area contributed by atoms with Crippen LogP contribution in [0.15, 0.2) is 24.3 Å². The maximum atomic E-state index is 12.8. The van der Waals surface area contributed by atoms with Crippen LogP contribution in [0, 0.1) is 6.92 Å². The first-order valence-corrected chi connectivity index (χ1v) is 17.9. The highest BCUT2D eigenvalue weighted by atomic mass is 16.5. The lowest BCUT2D eigenvalue weighted by Gasteiger charge is -2.29. The Kier molecular flexibility index (Phi) is 24.4. The van der Waals surface area contributed by atoms with Gasteiger partial charge in [0, 0.05) is 37.2 Å². The molecule has 45 heavy (non-hydrogen) atoms. The molecule has 1 aromatic carbocycles. The molecule has 0 saturated carbocycles. The van der Waals surface area contributed by atoms with E-state index in [-0.39, 0.29) is 36.6 Å². The van der Waals surface area contributed by atoms with Crippen LogP contribution in [-0.2, 0) is 15.6 Å². The number of aryl methyl sites for hydroxylation is 1. The van der Waals surface area contributed by atoms with E-state index in [2.05, 4.69) is 79.7 Å². The van der Waals surface area contributed by atoms with Gasteiger partial charge >= 0.3 is 5.97 Å². The summed E-state index contributed by atoms with van der Waals surface area (Å²) in [6, 6.07) is 4.36. The maximum Gasteiger partial charge on any atom is 0.311 e. The Hall–Kier alpha value is -1.73. The quantitative estimate of drug-likeness (QED) is 0.0512. The monoisotopic (exact) mass is 634 g/mol. The van der Waals surface area contributed by atoms with Crippen molar-refractivity contribution >= 4 is 5.97 Å². The third kappa shape index (κ3) is 21.6. The first-order valence-electron chi connectivity index (χ1n) is 17.9. The van der Waals surface area contributed by atoms with Crippen molar-refractivity contribution in [2.75, 3.05) is 39.5 Å². The van der Waals surface area contributed by atoms with Gasteiger partial charge in [-0.15, -0.1) is 0 Å². The summed E-state index contributed by atoms with van der Waals surface area (Å²) in [6.45, 7) is 19.3. The largest absolute Gasteiger partial charge is 0.426 e. The summed E-state index contributed by atoms with van der Waals surface area (Å²) in [5, 5.41) is 25.5. The zero-order valence-corrected chi connectivity index (χ0v) is 30.6. The molecule has 0 amide bonds. The normalized spacial score (nSPS) is 12.1. The molecular formula is C39H71NO5. The molecule has 0 saturated heterocycles. The van der Waals surface area contributed by atoms with Crippen LogP contribution in [0.25, 0.3) is 0 Å². The topological polar surface area (TPSA) is 90.2 Å². The molecule has 0 bridgehead atoms. The van der Waals surface area contributed by atoms with Gasteiger partial charge < -0.3 is 20.1 Å². The fourth-order valence-electron chi connectivity index (χ4n) is 5.26. The van der Waals surface area contributed by atoms with Crippen LogP contribution in [-0.4, -0.2) is 65.6 Å². The van der Waals surface area contributed by atoms with Crippen LogP contribution in [0.2, 0.25) is 0 Å². The number of carbonyl (C=O) groups excluding carboxylic acids is 1. The number of benzene rings is 1. The van der Waals surface area contributed by atoms with Gasteiger partial charge in [-0.05, 0) is 49.9 Å². The summed E-state index contributed by atoms with van der Waals surface area (Å²) in [6.07, 6.45) is 21.6.